The van der Waals surface area contributed by atoms with Crippen molar-refractivity contribution in [2.75, 3.05) is 18.0 Å². The molecule has 4 aromatic rings. The number of piperidine rings is 1. The van der Waals surface area contributed by atoms with Crippen LogP contribution in [0, 0.1) is 12.3 Å². The molecule has 1 atom stereocenters. The van der Waals surface area contributed by atoms with Crippen molar-refractivity contribution in [3.8, 4) is 10.7 Å². The van der Waals surface area contributed by atoms with Crippen LogP contribution in [0.2, 0.25) is 0 Å². The fourth-order valence-corrected chi connectivity index (χ4v) is 6.93. The van der Waals surface area contributed by atoms with Crippen LogP contribution in [0.1, 0.15) is 80.3 Å². The first-order valence-corrected chi connectivity index (χ1v) is 16.7. The predicted molar refractivity (Wildman–Crippen MR) is 187 cm³/mol. The van der Waals surface area contributed by atoms with Crippen LogP contribution in [0.25, 0.3) is 16.3 Å². The number of allylic oxidation sites excluding steroid dienone is 4. The lowest BCUT2D eigenvalue weighted by atomic mass is 9.80. The maximum atomic E-state index is 12.8. The number of nitrogens with zero attached hydrogens (tertiary/aromatic N) is 5. The Morgan fingerprint density at radius 1 is 1.20 bits per heavy atom. The summed E-state index contributed by atoms with van der Waals surface area (Å²) >= 11 is 1.62. The Labute approximate surface area is 276 Å². The Morgan fingerprint density at radius 3 is 2.57 bits per heavy atom. The van der Waals surface area contributed by atoms with Gasteiger partial charge in [-0.15, -0.1) is 17.9 Å². The van der Waals surface area contributed by atoms with Crippen LogP contribution in [0.3, 0.4) is 0 Å². The van der Waals surface area contributed by atoms with Crippen LogP contribution < -0.4 is 4.90 Å². The van der Waals surface area contributed by atoms with Gasteiger partial charge in [-0.3, -0.25) is 0 Å². The molecule has 1 N–H and O–H groups in total. The first-order chi connectivity index (χ1) is 21.9. The molecule has 0 spiro atoms. The second-order valence-corrected chi connectivity index (χ2v) is 14.4. The van der Waals surface area contributed by atoms with Gasteiger partial charge >= 0.3 is 5.97 Å². The molecule has 1 fully saturated rings. The number of aromatic nitrogens is 4. The molecule has 1 aliphatic heterocycles. The molecule has 4 heterocycles. The van der Waals surface area contributed by atoms with E-state index >= 15 is 0 Å². The summed E-state index contributed by atoms with van der Waals surface area (Å²) in [6, 6.07) is 10.5. The SMILES string of the molecule is C=CC=CC1(C)CCN(c2c(C(OC(C)(C)C)C(=O)O)c(C)nc3cc(-c4ncc(Cc5ccccc5CCC=C)s4)nn23)CC1. The second kappa shape index (κ2) is 13.7. The van der Waals surface area contributed by atoms with Crippen molar-refractivity contribution in [3.63, 3.8) is 0 Å². The summed E-state index contributed by atoms with van der Waals surface area (Å²) in [6.07, 6.45) is 13.2. The first-order valence-electron chi connectivity index (χ1n) is 15.9. The van der Waals surface area contributed by atoms with Gasteiger partial charge in [0, 0.05) is 42.3 Å². The van der Waals surface area contributed by atoms with E-state index in [0.29, 0.717) is 28.4 Å². The highest BCUT2D eigenvalue weighted by Crippen LogP contribution is 2.40. The first kappa shape index (κ1) is 33.3. The average Bonchev–Trinajstić information content (AvgIpc) is 3.65. The molecular formula is C37H45N5O3S. The highest BCUT2D eigenvalue weighted by atomic mass is 32.1. The number of aliphatic carboxylic acids is 1. The number of aryl methyl sites for hydroxylation is 2. The molecular weight excluding hydrogens is 595 g/mol. The average molecular weight is 640 g/mol. The van der Waals surface area contributed by atoms with E-state index in [1.54, 1.807) is 15.9 Å². The second-order valence-electron chi connectivity index (χ2n) is 13.3. The number of hydrogen-bond acceptors (Lipinski definition) is 7. The van der Waals surface area contributed by atoms with Crippen LogP contribution in [0.15, 0.2) is 74.0 Å². The smallest absolute Gasteiger partial charge is 0.337 e. The number of thiazole rings is 1. The minimum Gasteiger partial charge on any atom is -0.479 e. The number of rotatable bonds is 12. The molecule has 46 heavy (non-hydrogen) atoms. The number of ether oxygens (including phenoxy) is 1. The van der Waals surface area contributed by atoms with Crippen molar-refractivity contribution >= 4 is 28.8 Å². The van der Waals surface area contributed by atoms with E-state index < -0.39 is 17.7 Å². The zero-order valence-electron chi connectivity index (χ0n) is 27.6. The Hall–Kier alpha value is -4.08. The Balaban J connectivity index is 1.56. The van der Waals surface area contributed by atoms with Crippen molar-refractivity contribution in [2.24, 2.45) is 5.41 Å². The number of benzene rings is 1. The van der Waals surface area contributed by atoms with Gasteiger partial charge in [-0.2, -0.15) is 9.61 Å². The Kier molecular flexibility index (Phi) is 9.93. The topological polar surface area (TPSA) is 92.8 Å². The van der Waals surface area contributed by atoms with Gasteiger partial charge in [-0.1, -0.05) is 62.1 Å². The summed E-state index contributed by atoms with van der Waals surface area (Å²) in [5.41, 5.74) is 4.46. The van der Waals surface area contributed by atoms with Gasteiger partial charge in [-0.25, -0.2) is 14.8 Å². The maximum Gasteiger partial charge on any atom is 0.337 e. The molecule has 3 aromatic heterocycles. The Bertz CT molecular complexity index is 1750. The molecule has 1 aromatic carbocycles. The quantitative estimate of drug-likeness (QED) is 0.124. The molecule has 0 aliphatic carbocycles. The molecule has 1 aliphatic rings. The van der Waals surface area contributed by atoms with E-state index in [4.69, 9.17) is 19.8 Å². The molecule has 0 amide bonds. The molecule has 1 saturated heterocycles. The fourth-order valence-electron chi connectivity index (χ4n) is 6.04. The number of hydrogen-bond donors (Lipinski definition) is 1. The van der Waals surface area contributed by atoms with Gasteiger partial charge in [0.2, 0.25) is 0 Å². The lowest BCUT2D eigenvalue weighted by molar-refractivity contribution is -0.160. The standard InChI is InChI=1S/C37H45N5O3S/c1-8-10-14-26-15-12-13-16-27(26)22-28-24-38-33(46-28)29-23-30-39-25(3)31(32(35(43)44)45-36(4,5)6)34(42(30)40-29)41-20-18-37(7,19-21-41)17-11-9-2/h8-9,11-13,15-17,23-24,32H,1-2,10,14,18-22H2,3-7H3,(H,43,44). The van der Waals surface area contributed by atoms with E-state index in [-0.39, 0.29) is 5.41 Å². The van der Waals surface area contributed by atoms with E-state index in [1.807, 2.05) is 58.2 Å². The summed E-state index contributed by atoms with van der Waals surface area (Å²) in [7, 11) is 0. The third-order valence-corrected chi connectivity index (χ3v) is 9.50. The fraction of sp³-hybridized carbons (Fsp3) is 0.405. The summed E-state index contributed by atoms with van der Waals surface area (Å²) in [5.74, 6) is -0.338. The zero-order valence-corrected chi connectivity index (χ0v) is 28.4. The van der Waals surface area contributed by atoms with Crippen molar-refractivity contribution in [1.82, 2.24) is 19.6 Å². The number of carboxylic acids is 1. The van der Waals surface area contributed by atoms with Crippen LogP contribution in [0.4, 0.5) is 5.82 Å². The molecule has 9 heteroatoms. The lowest BCUT2D eigenvalue weighted by Crippen LogP contribution is -2.40. The van der Waals surface area contributed by atoms with Crippen molar-refractivity contribution in [3.05, 3.63) is 101 Å². The lowest BCUT2D eigenvalue weighted by Gasteiger charge is -2.40. The molecule has 5 rings (SSSR count). The number of carboxylic acid groups (broad SMARTS) is 1. The minimum atomic E-state index is -1.21. The van der Waals surface area contributed by atoms with Gasteiger partial charge in [-0.05, 0) is 69.9 Å². The molecule has 0 saturated carbocycles. The van der Waals surface area contributed by atoms with Crippen LogP contribution in [0.5, 0.6) is 0 Å². The molecule has 0 bridgehead atoms. The number of anilines is 1. The van der Waals surface area contributed by atoms with Gasteiger partial charge < -0.3 is 14.7 Å². The monoisotopic (exact) mass is 639 g/mol. The number of fused-ring (bicyclic) bond motifs is 1. The summed E-state index contributed by atoms with van der Waals surface area (Å²) in [6.45, 7) is 18.9. The highest BCUT2D eigenvalue weighted by molar-refractivity contribution is 7.15. The summed E-state index contributed by atoms with van der Waals surface area (Å²) < 4.78 is 7.98. The zero-order chi connectivity index (χ0) is 33.1. The van der Waals surface area contributed by atoms with Gasteiger partial charge in [0.1, 0.15) is 16.5 Å². The highest BCUT2D eigenvalue weighted by Gasteiger charge is 2.37. The van der Waals surface area contributed by atoms with Gasteiger partial charge in [0.15, 0.2) is 11.8 Å². The third kappa shape index (κ3) is 7.48. The summed E-state index contributed by atoms with van der Waals surface area (Å²) in [4.78, 5) is 25.8. The normalized spacial score (nSPS) is 15.8. The minimum absolute atomic E-state index is 0.0248. The molecule has 0 radical (unpaired) electrons. The number of carbonyl (C=O) groups is 1. The Morgan fingerprint density at radius 2 is 1.91 bits per heavy atom. The van der Waals surface area contributed by atoms with Crippen LogP contribution >= 0.6 is 11.3 Å². The predicted octanol–water partition coefficient (Wildman–Crippen LogP) is 8.16. The van der Waals surface area contributed by atoms with Crippen molar-refractivity contribution in [2.45, 2.75) is 78.4 Å². The van der Waals surface area contributed by atoms with E-state index in [0.717, 1.165) is 55.1 Å². The molecule has 242 valence electrons. The molecule has 1 unspecified atom stereocenters. The van der Waals surface area contributed by atoms with Crippen molar-refractivity contribution < 1.29 is 14.6 Å². The van der Waals surface area contributed by atoms with Gasteiger partial charge in [0.05, 0.1) is 11.2 Å². The van der Waals surface area contributed by atoms with Crippen LogP contribution in [-0.2, 0) is 22.4 Å². The molecule has 8 nitrogen and oxygen atoms in total. The van der Waals surface area contributed by atoms with E-state index in [2.05, 4.69) is 55.3 Å². The van der Waals surface area contributed by atoms with Crippen molar-refractivity contribution in [1.29, 1.82) is 0 Å². The van der Waals surface area contributed by atoms with E-state index in [9.17, 15) is 9.90 Å². The van der Waals surface area contributed by atoms with E-state index in [1.165, 1.54) is 11.1 Å². The summed E-state index contributed by atoms with van der Waals surface area (Å²) in [5, 5.41) is 16.3. The van der Waals surface area contributed by atoms with Crippen LogP contribution in [-0.4, -0.2) is 49.3 Å². The third-order valence-electron chi connectivity index (χ3n) is 8.48. The van der Waals surface area contributed by atoms with Gasteiger partial charge in [0.25, 0.3) is 0 Å². The maximum absolute atomic E-state index is 12.8. The largest absolute Gasteiger partial charge is 0.479 e.